The quantitative estimate of drug-likeness (QED) is 0.152. The number of nitro benzene ring substituents is 1. The largest absolute Gasteiger partial charge is 0.493 e. The van der Waals surface area contributed by atoms with Crippen LogP contribution in [0.15, 0.2) is 59.7 Å². The number of benzene rings is 3. The molecular weight excluding hydrogens is 524 g/mol. The van der Waals surface area contributed by atoms with Crippen LogP contribution in [0, 0.1) is 15.9 Å². The molecule has 9 nitrogen and oxygen atoms in total. The molecule has 3 rings (SSSR count). The van der Waals surface area contributed by atoms with Gasteiger partial charge in [0.05, 0.1) is 28.8 Å². The van der Waals surface area contributed by atoms with Crippen LogP contribution in [-0.2, 0) is 11.0 Å². The maximum atomic E-state index is 13.0. The van der Waals surface area contributed by atoms with Gasteiger partial charge in [-0.15, -0.1) is 0 Å². The van der Waals surface area contributed by atoms with Crippen molar-refractivity contribution in [3.8, 4) is 11.5 Å². The van der Waals surface area contributed by atoms with Crippen molar-refractivity contribution in [3.05, 3.63) is 86.7 Å². The first-order valence-electron chi connectivity index (χ1n) is 10.2. The Morgan fingerprint density at radius 1 is 1.16 bits per heavy atom. The second kappa shape index (κ2) is 11.6. The van der Waals surface area contributed by atoms with E-state index in [0.29, 0.717) is 23.4 Å². The second-order valence-electron chi connectivity index (χ2n) is 7.23. The van der Waals surface area contributed by atoms with Gasteiger partial charge in [0, 0.05) is 11.8 Å². The molecule has 194 valence electrons. The van der Waals surface area contributed by atoms with Crippen LogP contribution in [0.1, 0.15) is 11.1 Å². The van der Waals surface area contributed by atoms with Gasteiger partial charge >= 0.3 is 6.18 Å². The Hall–Kier alpha value is -4.39. The highest BCUT2D eigenvalue weighted by Gasteiger charge is 2.33. The molecule has 0 aliphatic heterocycles. The lowest BCUT2D eigenvalue weighted by Gasteiger charge is -2.13. The summed E-state index contributed by atoms with van der Waals surface area (Å²) in [5.74, 6) is -0.828. The summed E-state index contributed by atoms with van der Waals surface area (Å²) in [6.07, 6.45) is -3.55. The van der Waals surface area contributed by atoms with Crippen LogP contribution in [0.4, 0.5) is 34.6 Å². The number of anilines is 2. The van der Waals surface area contributed by atoms with Gasteiger partial charge in [0.25, 0.3) is 11.6 Å². The highest BCUT2D eigenvalue weighted by molar-refractivity contribution is 6.32. The average molecular weight is 541 g/mol. The van der Waals surface area contributed by atoms with Crippen LogP contribution in [0.3, 0.4) is 0 Å². The number of alkyl halides is 3. The number of methoxy groups -OCH3 is 1. The lowest BCUT2D eigenvalue weighted by atomic mass is 10.1. The molecule has 0 aliphatic rings. The van der Waals surface area contributed by atoms with E-state index in [0.717, 1.165) is 6.07 Å². The lowest BCUT2D eigenvalue weighted by Crippen LogP contribution is -2.20. The fraction of sp³-hybridized carbons (Fsp3) is 0.130. The molecule has 0 bridgehead atoms. The van der Waals surface area contributed by atoms with E-state index in [1.54, 1.807) is 0 Å². The number of carbonyl (C=O) groups is 1. The Kier molecular flexibility index (Phi) is 8.50. The third-order valence-corrected chi connectivity index (χ3v) is 4.93. The van der Waals surface area contributed by atoms with Gasteiger partial charge in [-0.1, -0.05) is 11.6 Å². The van der Waals surface area contributed by atoms with Gasteiger partial charge in [-0.2, -0.15) is 18.3 Å². The molecule has 0 atom stereocenters. The summed E-state index contributed by atoms with van der Waals surface area (Å²) in [6.45, 7) is -0.444. The topological polar surface area (TPSA) is 115 Å². The Balaban J connectivity index is 1.70. The first kappa shape index (κ1) is 27.2. The summed E-state index contributed by atoms with van der Waals surface area (Å²) < 4.78 is 62.2. The SMILES string of the molecule is COc1cc(/C=N\Nc2ccc(C(F)(F)F)cc2[N+](=O)[O-])cc(Cl)c1OCC(=O)Nc1ccc(F)cc1. The van der Waals surface area contributed by atoms with Crippen molar-refractivity contribution in [2.75, 3.05) is 24.5 Å². The monoisotopic (exact) mass is 540 g/mol. The van der Waals surface area contributed by atoms with Crippen LogP contribution in [0.2, 0.25) is 5.02 Å². The molecule has 3 aromatic rings. The molecule has 0 saturated carbocycles. The zero-order chi connectivity index (χ0) is 27.2. The molecule has 1 amide bonds. The smallest absolute Gasteiger partial charge is 0.416 e. The van der Waals surface area contributed by atoms with E-state index < -0.39 is 40.7 Å². The molecule has 0 aromatic heterocycles. The van der Waals surface area contributed by atoms with E-state index in [9.17, 15) is 32.5 Å². The molecule has 0 aliphatic carbocycles. The number of nitro groups is 1. The van der Waals surface area contributed by atoms with Crippen molar-refractivity contribution in [1.82, 2.24) is 0 Å². The normalized spacial score (nSPS) is 11.3. The summed E-state index contributed by atoms with van der Waals surface area (Å²) in [4.78, 5) is 22.3. The number of rotatable bonds is 9. The number of carbonyl (C=O) groups excluding carboxylic acids is 1. The third-order valence-electron chi connectivity index (χ3n) is 4.65. The minimum Gasteiger partial charge on any atom is -0.493 e. The molecular formula is C23H17ClF4N4O5. The van der Waals surface area contributed by atoms with Crippen molar-refractivity contribution < 1.29 is 36.8 Å². The Morgan fingerprint density at radius 3 is 2.49 bits per heavy atom. The molecule has 0 radical (unpaired) electrons. The van der Waals surface area contributed by atoms with E-state index in [-0.39, 0.29) is 22.2 Å². The molecule has 0 saturated heterocycles. The summed E-state index contributed by atoms with van der Waals surface area (Å²) in [5, 5.41) is 17.6. The number of amides is 1. The summed E-state index contributed by atoms with van der Waals surface area (Å²) in [6, 6.07) is 9.92. The molecule has 2 N–H and O–H groups in total. The molecule has 0 heterocycles. The van der Waals surface area contributed by atoms with E-state index >= 15 is 0 Å². The highest BCUT2D eigenvalue weighted by atomic mass is 35.5. The van der Waals surface area contributed by atoms with Gasteiger partial charge in [-0.25, -0.2) is 4.39 Å². The number of hydrogen-bond donors (Lipinski definition) is 2. The lowest BCUT2D eigenvalue weighted by molar-refractivity contribution is -0.384. The number of ether oxygens (including phenoxy) is 2. The van der Waals surface area contributed by atoms with Crippen LogP contribution in [-0.4, -0.2) is 30.8 Å². The Bertz CT molecular complexity index is 1330. The average Bonchev–Trinajstić information content (AvgIpc) is 2.83. The zero-order valence-electron chi connectivity index (χ0n) is 18.8. The van der Waals surface area contributed by atoms with Gasteiger partial charge in [-0.3, -0.25) is 20.3 Å². The molecule has 0 fully saturated rings. The number of hydrazone groups is 1. The molecule has 14 heteroatoms. The molecule has 0 spiro atoms. The van der Waals surface area contributed by atoms with E-state index in [2.05, 4.69) is 15.8 Å². The van der Waals surface area contributed by atoms with Gasteiger partial charge in [0.2, 0.25) is 0 Å². The van der Waals surface area contributed by atoms with Crippen LogP contribution >= 0.6 is 11.6 Å². The van der Waals surface area contributed by atoms with E-state index in [1.165, 1.54) is 49.7 Å². The molecule has 3 aromatic carbocycles. The Morgan fingerprint density at radius 2 is 1.86 bits per heavy atom. The third kappa shape index (κ3) is 7.30. The van der Waals surface area contributed by atoms with Crippen molar-refractivity contribution in [1.29, 1.82) is 0 Å². The van der Waals surface area contributed by atoms with Gasteiger partial charge in [0.1, 0.15) is 11.5 Å². The zero-order valence-corrected chi connectivity index (χ0v) is 19.6. The van der Waals surface area contributed by atoms with Crippen molar-refractivity contribution in [2.45, 2.75) is 6.18 Å². The standard InChI is InChI=1S/C23H17ClF4N4O5/c1-36-20-9-13(11-29-31-18-7-2-14(23(26,27)28)10-19(18)32(34)35)8-17(24)22(20)37-12-21(33)30-16-5-3-15(25)4-6-16/h2-11,31H,12H2,1H3,(H,30,33)/b29-11-. The maximum absolute atomic E-state index is 13.0. The minimum atomic E-state index is -4.74. The molecule has 0 unspecified atom stereocenters. The van der Waals surface area contributed by atoms with Crippen molar-refractivity contribution >= 4 is 40.8 Å². The first-order chi connectivity index (χ1) is 17.5. The first-order valence-corrected chi connectivity index (χ1v) is 10.6. The van der Waals surface area contributed by atoms with E-state index in [4.69, 9.17) is 21.1 Å². The predicted octanol–water partition coefficient (Wildman–Crippen LogP) is 5.88. The number of nitrogens with one attached hydrogen (secondary N) is 2. The van der Waals surface area contributed by atoms with Crippen molar-refractivity contribution in [2.24, 2.45) is 5.10 Å². The highest BCUT2D eigenvalue weighted by Crippen LogP contribution is 2.37. The Labute approximate surface area is 211 Å². The van der Waals surface area contributed by atoms with Crippen molar-refractivity contribution in [3.63, 3.8) is 0 Å². The second-order valence-corrected chi connectivity index (χ2v) is 7.64. The maximum Gasteiger partial charge on any atom is 0.416 e. The summed E-state index contributed by atoms with van der Waals surface area (Å²) in [7, 11) is 1.32. The van der Waals surface area contributed by atoms with E-state index in [1.807, 2.05) is 0 Å². The molecule has 37 heavy (non-hydrogen) atoms. The van der Waals surface area contributed by atoms with Crippen LogP contribution in [0.5, 0.6) is 11.5 Å². The number of nitrogens with zero attached hydrogens (tertiary/aromatic N) is 2. The fourth-order valence-electron chi connectivity index (χ4n) is 2.95. The van der Waals surface area contributed by atoms with Gasteiger partial charge < -0.3 is 14.8 Å². The predicted molar refractivity (Wildman–Crippen MR) is 128 cm³/mol. The minimum absolute atomic E-state index is 0.0379. The fourth-order valence-corrected chi connectivity index (χ4v) is 3.23. The number of hydrogen-bond acceptors (Lipinski definition) is 7. The summed E-state index contributed by atoms with van der Waals surface area (Å²) in [5.41, 5.74) is 0.777. The van der Waals surface area contributed by atoms with Gasteiger partial charge in [0.15, 0.2) is 18.1 Å². The van der Waals surface area contributed by atoms with Crippen LogP contribution in [0.25, 0.3) is 0 Å². The van der Waals surface area contributed by atoms with Crippen LogP contribution < -0.4 is 20.2 Å². The number of halogens is 5. The van der Waals surface area contributed by atoms with Gasteiger partial charge in [-0.05, 0) is 54.1 Å². The summed E-state index contributed by atoms with van der Waals surface area (Å²) >= 11 is 6.24.